The fourth-order valence-corrected chi connectivity index (χ4v) is 2.22. The summed E-state index contributed by atoms with van der Waals surface area (Å²) in [5.74, 6) is -0.750. The number of carbonyl (C=O) groups is 1. The van der Waals surface area contributed by atoms with Crippen molar-refractivity contribution < 1.29 is 9.18 Å². The minimum absolute atomic E-state index is 0.158. The van der Waals surface area contributed by atoms with Crippen molar-refractivity contribution in [2.24, 2.45) is 0 Å². The van der Waals surface area contributed by atoms with Gasteiger partial charge in [0.15, 0.2) is 0 Å². The molecule has 0 heterocycles. The first-order chi connectivity index (χ1) is 9.77. The molecule has 2 aromatic carbocycles. The van der Waals surface area contributed by atoms with Gasteiger partial charge >= 0.3 is 0 Å². The van der Waals surface area contributed by atoms with Crippen LogP contribution in [0.4, 0.5) is 15.8 Å². The molecule has 0 aromatic heterocycles. The molecule has 0 fully saturated rings. The van der Waals surface area contributed by atoms with E-state index in [9.17, 15) is 9.18 Å². The molecule has 3 N–H and O–H groups in total. The van der Waals surface area contributed by atoms with E-state index in [1.807, 2.05) is 39.0 Å². The number of hydrogen-bond acceptors (Lipinski definition) is 2. The maximum Gasteiger partial charge on any atom is 0.255 e. The molecule has 3 nitrogen and oxygen atoms in total. The average molecular weight is 286 g/mol. The van der Waals surface area contributed by atoms with Crippen LogP contribution in [-0.4, -0.2) is 5.91 Å². The molecule has 2 rings (SSSR count). The molecule has 0 spiro atoms. The Bertz CT molecular complexity index is 654. The second kappa shape index (κ2) is 5.56. The molecular weight excluding hydrogens is 267 g/mol. The zero-order valence-electron chi connectivity index (χ0n) is 12.4. The van der Waals surface area contributed by atoms with Crippen LogP contribution in [0.15, 0.2) is 42.5 Å². The third-order valence-corrected chi connectivity index (χ3v) is 3.16. The summed E-state index contributed by atoms with van der Waals surface area (Å²) in [6.07, 6.45) is 0. The van der Waals surface area contributed by atoms with Crippen LogP contribution in [0.1, 0.15) is 36.7 Å². The molecule has 0 bridgehead atoms. The second-order valence-electron chi connectivity index (χ2n) is 6.02. The van der Waals surface area contributed by atoms with Gasteiger partial charge in [-0.25, -0.2) is 4.39 Å². The van der Waals surface area contributed by atoms with Crippen molar-refractivity contribution in [1.82, 2.24) is 0 Å². The number of hydrogen-bond donors (Lipinski definition) is 2. The Kier molecular flexibility index (Phi) is 3.98. The summed E-state index contributed by atoms with van der Waals surface area (Å²) in [6, 6.07) is 11.4. The van der Waals surface area contributed by atoms with Crippen LogP contribution in [0, 0.1) is 5.82 Å². The van der Waals surface area contributed by atoms with Crippen molar-refractivity contribution in [3.05, 3.63) is 59.4 Å². The van der Waals surface area contributed by atoms with Crippen molar-refractivity contribution >= 4 is 17.3 Å². The first-order valence-corrected chi connectivity index (χ1v) is 6.74. The van der Waals surface area contributed by atoms with E-state index < -0.39 is 5.82 Å². The standard InChI is InChI=1S/C17H19FN2O/c1-17(2,3)15-7-5-4-6-14(15)16(21)20-13-9-11(18)8-12(19)10-13/h4-10H,19H2,1-3H3,(H,20,21). The van der Waals surface area contributed by atoms with E-state index in [0.717, 1.165) is 5.56 Å². The highest BCUT2D eigenvalue weighted by Crippen LogP contribution is 2.26. The molecule has 0 saturated carbocycles. The Morgan fingerprint density at radius 2 is 1.81 bits per heavy atom. The van der Waals surface area contributed by atoms with Crippen LogP contribution in [0.25, 0.3) is 0 Å². The number of nitrogen functional groups attached to an aromatic ring is 1. The number of nitrogens with two attached hydrogens (primary N) is 1. The van der Waals surface area contributed by atoms with Gasteiger partial charge in [0.1, 0.15) is 5.82 Å². The largest absolute Gasteiger partial charge is 0.399 e. The Labute approximate surface area is 124 Å². The summed E-state index contributed by atoms with van der Waals surface area (Å²) in [5, 5.41) is 2.69. The monoisotopic (exact) mass is 286 g/mol. The smallest absolute Gasteiger partial charge is 0.255 e. The van der Waals surface area contributed by atoms with Gasteiger partial charge in [0.25, 0.3) is 5.91 Å². The molecule has 2 aromatic rings. The van der Waals surface area contributed by atoms with Gasteiger partial charge in [-0.05, 0) is 35.2 Å². The highest BCUT2D eigenvalue weighted by molar-refractivity contribution is 6.05. The van der Waals surface area contributed by atoms with Gasteiger partial charge in [0.05, 0.1) is 0 Å². The van der Waals surface area contributed by atoms with Gasteiger partial charge in [0.2, 0.25) is 0 Å². The van der Waals surface area contributed by atoms with E-state index in [0.29, 0.717) is 11.3 Å². The maximum absolute atomic E-state index is 13.3. The maximum atomic E-state index is 13.3. The van der Waals surface area contributed by atoms with Crippen molar-refractivity contribution in [3.8, 4) is 0 Å². The summed E-state index contributed by atoms with van der Waals surface area (Å²) >= 11 is 0. The van der Waals surface area contributed by atoms with E-state index in [2.05, 4.69) is 5.32 Å². The van der Waals surface area contributed by atoms with Gasteiger partial charge in [-0.2, -0.15) is 0 Å². The molecule has 21 heavy (non-hydrogen) atoms. The fraction of sp³-hybridized carbons (Fsp3) is 0.235. The topological polar surface area (TPSA) is 55.1 Å². The summed E-state index contributed by atoms with van der Waals surface area (Å²) in [6.45, 7) is 6.12. The Morgan fingerprint density at radius 3 is 2.43 bits per heavy atom. The normalized spacial score (nSPS) is 11.2. The highest BCUT2D eigenvalue weighted by atomic mass is 19.1. The summed E-state index contributed by atoms with van der Waals surface area (Å²) in [7, 11) is 0. The van der Waals surface area contributed by atoms with Crippen LogP contribution in [0.3, 0.4) is 0 Å². The van der Waals surface area contributed by atoms with Gasteiger partial charge in [-0.15, -0.1) is 0 Å². The fourth-order valence-electron chi connectivity index (χ4n) is 2.22. The van der Waals surface area contributed by atoms with Crippen LogP contribution in [-0.2, 0) is 5.41 Å². The number of nitrogens with one attached hydrogen (secondary N) is 1. The van der Waals surface area contributed by atoms with Crippen molar-refractivity contribution in [2.75, 3.05) is 11.1 Å². The molecule has 0 aliphatic heterocycles. The molecule has 0 aliphatic carbocycles. The Balaban J connectivity index is 2.33. The molecule has 0 atom stereocenters. The second-order valence-corrected chi connectivity index (χ2v) is 6.02. The molecule has 110 valence electrons. The molecule has 1 amide bonds. The van der Waals surface area contributed by atoms with Gasteiger partial charge in [-0.1, -0.05) is 39.0 Å². The molecule has 0 unspecified atom stereocenters. The van der Waals surface area contributed by atoms with Gasteiger partial charge < -0.3 is 11.1 Å². The SMILES string of the molecule is CC(C)(C)c1ccccc1C(=O)Nc1cc(N)cc(F)c1. The summed E-state index contributed by atoms with van der Waals surface area (Å²) in [5.41, 5.74) is 7.56. The van der Waals surface area contributed by atoms with E-state index >= 15 is 0 Å². The Hall–Kier alpha value is -2.36. The lowest BCUT2D eigenvalue weighted by atomic mass is 9.83. The number of amides is 1. The zero-order valence-corrected chi connectivity index (χ0v) is 12.4. The predicted molar refractivity (Wildman–Crippen MR) is 83.9 cm³/mol. The quantitative estimate of drug-likeness (QED) is 0.821. The molecule has 0 radical (unpaired) electrons. The van der Waals surface area contributed by atoms with E-state index in [4.69, 9.17) is 5.73 Å². The van der Waals surface area contributed by atoms with Crippen molar-refractivity contribution in [2.45, 2.75) is 26.2 Å². The van der Waals surface area contributed by atoms with Crippen molar-refractivity contribution in [1.29, 1.82) is 0 Å². The van der Waals surface area contributed by atoms with E-state index in [1.54, 1.807) is 6.07 Å². The highest BCUT2D eigenvalue weighted by Gasteiger charge is 2.21. The number of rotatable bonds is 2. The summed E-state index contributed by atoms with van der Waals surface area (Å²) < 4.78 is 13.3. The third-order valence-electron chi connectivity index (χ3n) is 3.16. The molecule has 0 saturated heterocycles. The number of halogens is 1. The minimum atomic E-state index is -0.477. The zero-order chi connectivity index (χ0) is 15.6. The van der Waals surface area contributed by atoms with Crippen LogP contribution in [0.2, 0.25) is 0 Å². The number of carbonyl (C=O) groups excluding carboxylic acids is 1. The lowest BCUT2D eigenvalue weighted by molar-refractivity contribution is 0.102. The number of anilines is 2. The molecular formula is C17H19FN2O. The number of benzene rings is 2. The molecule has 0 aliphatic rings. The van der Waals surface area contributed by atoms with Crippen molar-refractivity contribution in [3.63, 3.8) is 0 Å². The minimum Gasteiger partial charge on any atom is -0.399 e. The van der Waals surface area contributed by atoms with Gasteiger partial charge in [0, 0.05) is 16.9 Å². The first kappa shape index (κ1) is 15.0. The van der Waals surface area contributed by atoms with Crippen LogP contribution < -0.4 is 11.1 Å². The third kappa shape index (κ3) is 3.60. The van der Waals surface area contributed by atoms with Crippen LogP contribution >= 0.6 is 0 Å². The molecule has 4 heteroatoms. The lowest BCUT2D eigenvalue weighted by Gasteiger charge is -2.22. The predicted octanol–water partition coefficient (Wildman–Crippen LogP) is 3.96. The van der Waals surface area contributed by atoms with E-state index in [1.165, 1.54) is 18.2 Å². The summed E-state index contributed by atoms with van der Waals surface area (Å²) in [4.78, 5) is 12.4. The first-order valence-electron chi connectivity index (χ1n) is 6.74. The Morgan fingerprint density at radius 1 is 1.14 bits per heavy atom. The van der Waals surface area contributed by atoms with Crippen LogP contribution in [0.5, 0.6) is 0 Å². The van der Waals surface area contributed by atoms with Gasteiger partial charge in [-0.3, -0.25) is 4.79 Å². The average Bonchev–Trinajstić information content (AvgIpc) is 2.36. The van der Waals surface area contributed by atoms with E-state index in [-0.39, 0.29) is 17.0 Å². The lowest BCUT2D eigenvalue weighted by Crippen LogP contribution is -2.21.